The molecule has 0 aliphatic carbocycles. The number of halogens is 3. The molecule has 4 aromatic rings. The number of amides is 1. The van der Waals surface area contributed by atoms with Crippen LogP contribution >= 0.6 is 0 Å². The molecule has 0 radical (unpaired) electrons. The molecule has 0 bridgehead atoms. The standard InChI is InChI=1S/C24H16F3N3O4/c25-24(26,27)15-9-6-10-16(13-15)28-22(32)20(14-7-2-1-3-8-14)34-23(33)19-17-11-4-5-12-18(17)21(31)30-29-19/h1-13,20H,(H,28,32)(H,30,31). The Labute approximate surface area is 190 Å². The molecule has 10 heteroatoms. The Hall–Kier alpha value is -4.47. The highest BCUT2D eigenvalue weighted by molar-refractivity contribution is 6.04. The zero-order valence-corrected chi connectivity index (χ0v) is 17.3. The number of aromatic nitrogens is 2. The van der Waals surface area contributed by atoms with Gasteiger partial charge in [-0.25, -0.2) is 9.89 Å². The van der Waals surface area contributed by atoms with Crippen LogP contribution in [0.2, 0.25) is 0 Å². The minimum Gasteiger partial charge on any atom is -0.442 e. The number of esters is 1. The highest BCUT2D eigenvalue weighted by Gasteiger charge is 2.31. The average Bonchev–Trinajstić information content (AvgIpc) is 2.83. The number of aromatic amines is 1. The number of fused-ring (bicyclic) bond motifs is 1. The Balaban J connectivity index is 1.66. The van der Waals surface area contributed by atoms with Gasteiger partial charge < -0.3 is 10.1 Å². The van der Waals surface area contributed by atoms with Gasteiger partial charge in [0, 0.05) is 16.6 Å². The van der Waals surface area contributed by atoms with Crippen LogP contribution in [-0.2, 0) is 15.7 Å². The van der Waals surface area contributed by atoms with E-state index in [4.69, 9.17) is 4.74 Å². The van der Waals surface area contributed by atoms with Crippen LogP contribution < -0.4 is 10.9 Å². The summed E-state index contributed by atoms with van der Waals surface area (Å²) in [5, 5.41) is 8.77. The number of carbonyl (C=O) groups excluding carboxylic acids is 2. The number of carbonyl (C=O) groups is 2. The summed E-state index contributed by atoms with van der Waals surface area (Å²) in [5.41, 5.74) is -1.50. The molecule has 0 saturated carbocycles. The molecule has 1 amide bonds. The van der Waals surface area contributed by atoms with Crippen molar-refractivity contribution in [2.75, 3.05) is 5.32 Å². The number of hydrogen-bond acceptors (Lipinski definition) is 5. The predicted molar refractivity (Wildman–Crippen MR) is 117 cm³/mol. The van der Waals surface area contributed by atoms with Crippen molar-refractivity contribution < 1.29 is 27.5 Å². The molecule has 0 spiro atoms. The predicted octanol–water partition coefficient (Wildman–Crippen LogP) is 4.48. The molecule has 1 aromatic heterocycles. The summed E-state index contributed by atoms with van der Waals surface area (Å²) in [7, 11) is 0. The molecule has 1 atom stereocenters. The summed E-state index contributed by atoms with van der Waals surface area (Å²) >= 11 is 0. The molecule has 4 rings (SSSR count). The number of alkyl halides is 3. The van der Waals surface area contributed by atoms with Crippen molar-refractivity contribution in [1.82, 2.24) is 10.2 Å². The quantitative estimate of drug-likeness (QED) is 0.422. The maximum Gasteiger partial charge on any atom is 0.416 e. The third-order valence-electron chi connectivity index (χ3n) is 4.91. The minimum atomic E-state index is -4.59. The molecular formula is C24H16F3N3O4. The number of nitrogens with one attached hydrogen (secondary N) is 2. The molecule has 0 aliphatic rings. The van der Waals surface area contributed by atoms with Crippen LogP contribution in [0.5, 0.6) is 0 Å². The Morgan fingerprint density at radius 3 is 2.29 bits per heavy atom. The van der Waals surface area contributed by atoms with Crippen molar-refractivity contribution in [2.24, 2.45) is 0 Å². The van der Waals surface area contributed by atoms with E-state index in [1.165, 1.54) is 30.3 Å². The molecular weight excluding hydrogens is 451 g/mol. The zero-order valence-electron chi connectivity index (χ0n) is 17.3. The molecule has 0 fully saturated rings. The Kier molecular flexibility index (Phi) is 6.13. The van der Waals surface area contributed by atoms with Crippen LogP contribution in [0.3, 0.4) is 0 Å². The summed E-state index contributed by atoms with van der Waals surface area (Å²) in [5.74, 6) is -1.87. The van der Waals surface area contributed by atoms with Crippen LogP contribution in [0, 0.1) is 0 Å². The molecule has 2 N–H and O–H groups in total. The number of ether oxygens (including phenoxy) is 1. The van der Waals surface area contributed by atoms with Gasteiger partial charge in [0.1, 0.15) is 0 Å². The first-order valence-electron chi connectivity index (χ1n) is 9.95. The van der Waals surface area contributed by atoms with Gasteiger partial charge in [-0.15, -0.1) is 0 Å². The molecule has 7 nitrogen and oxygen atoms in total. The van der Waals surface area contributed by atoms with Gasteiger partial charge in [0.15, 0.2) is 5.69 Å². The van der Waals surface area contributed by atoms with E-state index in [9.17, 15) is 27.6 Å². The molecule has 34 heavy (non-hydrogen) atoms. The third kappa shape index (κ3) is 4.80. The lowest BCUT2D eigenvalue weighted by Gasteiger charge is -2.18. The molecule has 0 aliphatic heterocycles. The van der Waals surface area contributed by atoms with Crippen molar-refractivity contribution in [2.45, 2.75) is 12.3 Å². The van der Waals surface area contributed by atoms with Crippen LogP contribution in [0.1, 0.15) is 27.7 Å². The smallest absolute Gasteiger partial charge is 0.416 e. The minimum absolute atomic E-state index is 0.121. The molecule has 1 unspecified atom stereocenters. The normalized spacial score (nSPS) is 12.2. The van der Waals surface area contributed by atoms with Gasteiger partial charge in [0.2, 0.25) is 6.10 Å². The van der Waals surface area contributed by atoms with Crippen molar-refractivity contribution in [3.63, 3.8) is 0 Å². The second kappa shape index (κ2) is 9.18. The van der Waals surface area contributed by atoms with E-state index in [2.05, 4.69) is 15.5 Å². The van der Waals surface area contributed by atoms with Crippen molar-refractivity contribution in [3.05, 3.63) is 106 Å². The van der Waals surface area contributed by atoms with Crippen LogP contribution in [-0.4, -0.2) is 22.1 Å². The lowest BCUT2D eigenvalue weighted by molar-refractivity contribution is -0.137. The number of anilines is 1. The van der Waals surface area contributed by atoms with Crippen molar-refractivity contribution in [3.8, 4) is 0 Å². The van der Waals surface area contributed by atoms with Crippen molar-refractivity contribution >= 4 is 28.3 Å². The van der Waals surface area contributed by atoms with E-state index in [0.717, 1.165) is 18.2 Å². The van der Waals surface area contributed by atoms with Crippen molar-refractivity contribution in [1.29, 1.82) is 0 Å². The monoisotopic (exact) mass is 467 g/mol. The summed E-state index contributed by atoms with van der Waals surface area (Å²) in [6, 6.07) is 18.3. The summed E-state index contributed by atoms with van der Waals surface area (Å²) < 4.78 is 44.5. The van der Waals surface area contributed by atoms with E-state index >= 15 is 0 Å². The number of benzene rings is 3. The average molecular weight is 467 g/mol. The van der Waals surface area contributed by atoms with Crippen LogP contribution in [0.25, 0.3) is 10.8 Å². The number of rotatable bonds is 5. The van der Waals surface area contributed by atoms with E-state index in [1.807, 2.05) is 0 Å². The van der Waals surface area contributed by atoms with Crippen LogP contribution in [0.15, 0.2) is 83.7 Å². The van der Waals surface area contributed by atoms with Gasteiger partial charge in [-0.05, 0) is 24.3 Å². The van der Waals surface area contributed by atoms with E-state index < -0.39 is 35.3 Å². The zero-order chi connectivity index (χ0) is 24.3. The molecule has 3 aromatic carbocycles. The first kappa shape index (κ1) is 22.7. The SMILES string of the molecule is O=C(OC(C(=O)Nc1cccc(C(F)(F)F)c1)c1ccccc1)c1n[nH]c(=O)c2ccccc12. The number of hydrogen-bond donors (Lipinski definition) is 2. The maximum absolute atomic E-state index is 13.0. The Morgan fingerprint density at radius 1 is 0.912 bits per heavy atom. The second-order valence-corrected chi connectivity index (χ2v) is 7.21. The fourth-order valence-electron chi connectivity index (χ4n) is 3.32. The highest BCUT2D eigenvalue weighted by atomic mass is 19.4. The summed E-state index contributed by atoms with van der Waals surface area (Å²) in [4.78, 5) is 38.0. The lowest BCUT2D eigenvalue weighted by atomic mass is 10.1. The second-order valence-electron chi connectivity index (χ2n) is 7.21. The van der Waals surface area contributed by atoms with Gasteiger partial charge in [-0.1, -0.05) is 54.6 Å². The lowest BCUT2D eigenvalue weighted by Crippen LogP contribution is -2.27. The molecule has 172 valence electrons. The van der Waals surface area contributed by atoms with Gasteiger partial charge >= 0.3 is 12.1 Å². The first-order chi connectivity index (χ1) is 16.2. The van der Waals surface area contributed by atoms with Crippen LogP contribution in [0.4, 0.5) is 18.9 Å². The highest BCUT2D eigenvalue weighted by Crippen LogP contribution is 2.31. The summed E-state index contributed by atoms with van der Waals surface area (Å²) in [6.07, 6.45) is -6.10. The largest absolute Gasteiger partial charge is 0.442 e. The van der Waals surface area contributed by atoms with E-state index in [1.54, 1.807) is 30.3 Å². The fraction of sp³-hybridized carbons (Fsp3) is 0.0833. The Morgan fingerprint density at radius 2 is 1.59 bits per heavy atom. The van der Waals surface area contributed by atoms with E-state index in [0.29, 0.717) is 0 Å². The Bertz CT molecular complexity index is 1420. The summed E-state index contributed by atoms with van der Waals surface area (Å²) in [6.45, 7) is 0. The van der Waals surface area contributed by atoms with Gasteiger partial charge in [-0.3, -0.25) is 9.59 Å². The van der Waals surface area contributed by atoms with Gasteiger partial charge in [0.05, 0.1) is 10.9 Å². The fourth-order valence-corrected chi connectivity index (χ4v) is 3.32. The number of H-pyrrole nitrogens is 1. The molecule has 0 saturated heterocycles. The van der Waals surface area contributed by atoms with Gasteiger partial charge in [0.25, 0.3) is 11.5 Å². The first-order valence-corrected chi connectivity index (χ1v) is 9.95. The maximum atomic E-state index is 13.0. The molecule has 1 heterocycles. The number of nitrogens with zero attached hydrogens (tertiary/aromatic N) is 1. The third-order valence-corrected chi connectivity index (χ3v) is 4.91. The van der Waals surface area contributed by atoms with E-state index in [-0.39, 0.29) is 27.7 Å². The van der Waals surface area contributed by atoms with Gasteiger partial charge in [-0.2, -0.15) is 18.3 Å². The topological polar surface area (TPSA) is 101 Å².